The van der Waals surface area contributed by atoms with Crippen LogP contribution in [0.4, 0.5) is 5.82 Å². The normalized spacial score (nSPS) is 11.2. The van der Waals surface area contributed by atoms with Crippen LogP contribution in [0.3, 0.4) is 0 Å². The molecule has 20 heavy (non-hydrogen) atoms. The lowest BCUT2D eigenvalue weighted by Gasteiger charge is -2.14. The van der Waals surface area contributed by atoms with E-state index < -0.39 is 0 Å². The van der Waals surface area contributed by atoms with Gasteiger partial charge in [-0.3, -0.25) is 4.68 Å². The highest BCUT2D eigenvalue weighted by atomic mass is 35.5. The van der Waals surface area contributed by atoms with E-state index in [2.05, 4.69) is 41.2 Å². The molecule has 0 aliphatic heterocycles. The summed E-state index contributed by atoms with van der Waals surface area (Å²) in [4.78, 5) is 8.36. The molecule has 0 saturated carbocycles. The number of hydrogen-bond donors (Lipinski definition) is 1. The van der Waals surface area contributed by atoms with Crippen LogP contribution in [0.25, 0.3) is 0 Å². The van der Waals surface area contributed by atoms with E-state index in [1.807, 2.05) is 18.7 Å². The van der Waals surface area contributed by atoms with Crippen molar-refractivity contribution < 1.29 is 0 Å². The Balaban J connectivity index is 2.25. The number of anilines is 1. The van der Waals surface area contributed by atoms with Gasteiger partial charge in [0.1, 0.15) is 17.3 Å². The van der Waals surface area contributed by atoms with Crippen LogP contribution in [0.5, 0.6) is 0 Å². The first kappa shape index (κ1) is 14.8. The number of rotatable bonds is 4. The maximum Gasteiger partial charge on any atom is 0.138 e. The molecule has 0 spiro atoms. The van der Waals surface area contributed by atoms with Gasteiger partial charge in [0, 0.05) is 30.4 Å². The smallest absolute Gasteiger partial charge is 0.138 e. The van der Waals surface area contributed by atoms with Crippen molar-refractivity contribution in [1.82, 2.24) is 19.7 Å². The lowest BCUT2D eigenvalue weighted by Crippen LogP contribution is -2.08. The molecule has 1 N–H and O–H groups in total. The summed E-state index contributed by atoms with van der Waals surface area (Å²) in [6.45, 7) is 8.92. The first-order chi connectivity index (χ1) is 9.41. The molecule has 0 unspecified atom stereocenters. The summed E-state index contributed by atoms with van der Waals surface area (Å²) in [6, 6.07) is 0. The van der Waals surface area contributed by atoms with Crippen LogP contribution in [-0.4, -0.2) is 19.7 Å². The molecule has 0 saturated heterocycles. The summed E-state index contributed by atoms with van der Waals surface area (Å²) < 4.78 is 1.89. The van der Waals surface area contributed by atoms with Crippen LogP contribution in [0.2, 0.25) is 5.15 Å². The van der Waals surface area contributed by atoms with Gasteiger partial charge in [0.25, 0.3) is 0 Å². The molecular weight excluding hydrogens is 274 g/mol. The maximum atomic E-state index is 6.17. The van der Waals surface area contributed by atoms with Gasteiger partial charge in [-0.25, -0.2) is 9.97 Å². The molecule has 0 radical (unpaired) electrons. The molecule has 0 atom stereocenters. The SMILES string of the molecule is Cc1nn(C)c(C)c1CNc1ncnc(Cl)c1C(C)C. The highest BCUT2D eigenvalue weighted by molar-refractivity contribution is 6.30. The second kappa shape index (κ2) is 5.79. The Labute approximate surface area is 124 Å². The van der Waals surface area contributed by atoms with Gasteiger partial charge in [-0.05, 0) is 19.8 Å². The molecule has 6 heteroatoms. The topological polar surface area (TPSA) is 55.6 Å². The van der Waals surface area contributed by atoms with Crippen molar-refractivity contribution in [2.45, 2.75) is 40.2 Å². The average Bonchev–Trinajstić information content (AvgIpc) is 2.61. The standard InChI is InChI=1S/C14H20ClN5/c1-8(2)12-13(15)17-7-18-14(12)16-6-11-9(3)19-20(5)10(11)4/h7-8H,6H2,1-5H3,(H,16,17,18). The lowest BCUT2D eigenvalue weighted by molar-refractivity contribution is 0.730. The first-order valence-electron chi connectivity index (χ1n) is 6.65. The summed E-state index contributed by atoms with van der Waals surface area (Å²) in [6.07, 6.45) is 1.49. The number of nitrogens with one attached hydrogen (secondary N) is 1. The fraction of sp³-hybridized carbons (Fsp3) is 0.500. The largest absolute Gasteiger partial charge is 0.365 e. The Morgan fingerprint density at radius 2 is 2.00 bits per heavy atom. The highest BCUT2D eigenvalue weighted by Crippen LogP contribution is 2.28. The van der Waals surface area contributed by atoms with E-state index in [-0.39, 0.29) is 5.92 Å². The van der Waals surface area contributed by atoms with Crippen LogP contribution in [-0.2, 0) is 13.6 Å². The number of aryl methyl sites for hydroxylation is 2. The van der Waals surface area contributed by atoms with Crippen molar-refractivity contribution >= 4 is 17.4 Å². The highest BCUT2D eigenvalue weighted by Gasteiger charge is 2.15. The monoisotopic (exact) mass is 293 g/mol. The molecular formula is C14H20ClN5. The van der Waals surface area contributed by atoms with Crippen molar-refractivity contribution in [1.29, 1.82) is 0 Å². The van der Waals surface area contributed by atoms with E-state index in [0.29, 0.717) is 11.7 Å². The molecule has 0 aliphatic carbocycles. The van der Waals surface area contributed by atoms with E-state index in [9.17, 15) is 0 Å². The Hall–Kier alpha value is -1.62. The van der Waals surface area contributed by atoms with Crippen molar-refractivity contribution in [2.24, 2.45) is 7.05 Å². The Kier molecular flexibility index (Phi) is 4.28. The molecule has 2 heterocycles. The molecule has 2 rings (SSSR count). The summed E-state index contributed by atoms with van der Waals surface area (Å²) in [5, 5.41) is 8.28. The van der Waals surface area contributed by atoms with Gasteiger partial charge in [-0.15, -0.1) is 0 Å². The van der Waals surface area contributed by atoms with Gasteiger partial charge in [-0.1, -0.05) is 25.4 Å². The van der Waals surface area contributed by atoms with Crippen LogP contribution < -0.4 is 5.32 Å². The molecule has 0 aliphatic rings. The fourth-order valence-electron chi connectivity index (χ4n) is 2.27. The van der Waals surface area contributed by atoms with Crippen molar-refractivity contribution in [3.05, 3.63) is 34.0 Å². The number of halogens is 1. The van der Waals surface area contributed by atoms with Gasteiger partial charge in [0.2, 0.25) is 0 Å². The van der Waals surface area contributed by atoms with E-state index in [4.69, 9.17) is 11.6 Å². The predicted octanol–water partition coefficient (Wildman–Crippen LogP) is 3.22. The van der Waals surface area contributed by atoms with Gasteiger partial charge in [0.15, 0.2) is 0 Å². The molecule has 2 aromatic rings. The zero-order valence-electron chi connectivity index (χ0n) is 12.5. The Morgan fingerprint density at radius 3 is 2.55 bits per heavy atom. The van der Waals surface area contributed by atoms with Crippen molar-refractivity contribution in [3.63, 3.8) is 0 Å². The quantitative estimate of drug-likeness (QED) is 0.880. The predicted molar refractivity (Wildman–Crippen MR) is 81.1 cm³/mol. The van der Waals surface area contributed by atoms with E-state index >= 15 is 0 Å². The van der Waals surface area contributed by atoms with Crippen molar-refractivity contribution in [3.8, 4) is 0 Å². The second-order valence-corrected chi connectivity index (χ2v) is 5.57. The van der Waals surface area contributed by atoms with Gasteiger partial charge in [-0.2, -0.15) is 5.10 Å². The van der Waals surface area contributed by atoms with E-state index in [0.717, 1.165) is 22.8 Å². The van der Waals surface area contributed by atoms with Crippen LogP contribution in [0, 0.1) is 13.8 Å². The van der Waals surface area contributed by atoms with Gasteiger partial charge in [0.05, 0.1) is 5.69 Å². The Bertz CT molecular complexity index is 618. The maximum absolute atomic E-state index is 6.17. The van der Waals surface area contributed by atoms with E-state index in [1.54, 1.807) is 0 Å². The minimum absolute atomic E-state index is 0.266. The summed E-state index contributed by atoms with van der Waals surface area (Å²) >= 11 is 6.17. The average molecular weight is 294 g/mol. The second-order valence-electron chi connectivity index (χ2n) is 5.21. The summed E-state index contributed by atoms with van der Waals surface area (Å²) in [5.41, 5.74) is 4.33. The molecule has 0 amide bonds. The summed E-state index contributed by atoms with van der Waals surface area (Å²) in [7, 11) is 1.95. The lowest BCUT2D eigenvalue weighted by atomic mass is 10.1. The van der Waals surface area contributed by atoms with Crippen molar-refractivity contribution in [2.75, 3.05) is 5.32 Å². The molecule has 108 valence electrons. The number of hydrogen-bond acceptors (Lipinski definition) is 4. The third-order valence-corrected chi connectivity index (χ3v) is 3.81. The molecule has 5 nitrogen and oxygen atoms in total. The summed E-state index contributed by atoms with van der Waals surface area (Å²) in [5.74, 6) is 1.06. The van der Waals surface area contributed by atoms with E-state index in [1.165, 1.54) is 11.9 Å². The van der Waals surface area contributed by atoms with Gasteiger partial charge >= 0.3 is 0 Å². The van der Waals surface area contributed by atoms with Crippen LogP contribution in [0.15, 0.2) is 6.33 Å². The fourth-order valence-corrected chi connectivity index (χ4v) is 2.62. The molecule has 0 aromatic carbocycles. The van der Waals surface area contributed by atoms with Crippen LogP contribution >= 0.6 is 11.6 Å². The number of nitrogens with zero attached hydrogens (tertiary/aromatic N) is 4. The zero-order valence-corrected chi connectivity index (χ0v) is 13.3. The third kappa shape index (κ3) is 2.77. The zero-order chi connectivity index (χ0) is 14.9. The molecule has 2 aromatic heterocycles. The molecule has 0 bridgehead atoms. The first-order valence-corrected chi connectivity index (χ1v) is 7.03. The number of aromatic nitrogens is 4. The van der Waals surface area contributed by atoms with Crippen LogP contribution in [0.1, 0.15) is 42.3 Å². The van der Waals surface area contributed by atoms with Gasteiger partial charge < -0.3 is 5.32 Å². The third-order valence-electron chi connectivity index (χ3n) is 3.50. The minimum atomic E-state index is 0.266. The Morgan fingerprint density at radius 1 is 1.30 bits per heavy atom. The minimum Gasteiger partial charge on any atom is -0.365 e. The molecule has 0 fully saturated rings.